The summed E-state index contributed by atoms with van der Waals surface area (Å²) >= 11 is 7.96. The van der Waals surface area contributed by atoms with Crippen molar-refractivity contribution in [2.75, 3.05) is 6.54 Å². The summed E-state index contributed by atoms with van der Waals surface area (Å²) in [4.78, 5) is 4.41. The zero-order valence-corrected chi connectivity index (χ0v) is 12.0. The highest BCUT2D eigenvalue weighted by Crippen LogP contribution is 2.24. The van der Waals surface area contributed by atoms with Crippen LogP contribution in [0.3, 0.4) is 0 Å². The van der Waals surface area contributed by atoms with E-state index >= 15 is 0 Å². The van der Waals surface area contributed by atoms with Crippen LogP contribution in [-0.4, -0.2) is 11.5 Å². The Hall–Kier alpha value is -0.900. The fourth-order valence-electron chi connectivity index (χ4n) is 1.98. The first-order valence-corrected chi connectivity index (χ1v) is 7.48. The van der Waals surface area contributed by atoms with E-state index in [1.807, 2.05) is 12.1 Å². The second kappa shape index (κ2) is 6.88. The Labute approximate surface area is 117 Å². The average Bonchev–Trinajstić information content (AvgIpc) is 2.88. The van der Waals surface area contributed by atoms with Gasteiger partial charge < -0.3 is 5.32 Å². The van der Waals surface area contributed by atoms with Crippen molar-refractivity contribution in [2.24, 2.45) is 0 Å². The number of aromatic nitrogens is 1. The Balaban J connectivity index is 2.06. The molecule has 0 aromatic carbocycles. The largest absolute Gasteiger partial charge is 0.309 e. The lowest BCUT2D eigenvalue weighted by atomic mass is 10.0. The molecule has 1 atom stereocenters. The van der Waals surface area contributed by atoms with Crippen molar-refractivity contribution in [1.82, 2.24) is 10.3 Å². The number of aryl methyl sites for hydroxylation is 1. The van der Waals surface area contributed by atoms with Crippen LogP contribution in [0.25, 0.3) is 0 Å². The molecule has 4 heteroatoms. The molecule has 0 radical (unpaired) electrons. The zero-order chi connectivity index (χ0) is 12.8. The molecule has 2 rings (SSSR count). The summed E-state index contributed by atoms with van der Waals surface area (Å²) in [6.07, 6.45) is 3.87. The van der Waals surface area contributed by atoms with Gasteiger partial charge in [-0.05, 0) is 53.9 Å². The van der Waals surface area contributed by atoms with E-state index in [0.29, 0.717) is 0 Å². The summed E-state index contributed by atoms with van der Waals surface area (Å²) in [5.41, 5.74) is 2.34. The summed E-state index contributed by atoms with van der Waals surface area (Å²) in [5.74, 6) is 0. The molecule has 0 spiro atoms. The Bertz CT molecular complexity index is 470. The van der Waals surface area contributed by atoms with Crippen LogP contribution in [0.2, 0.25) is 5.02 Å². The van der Waals surface area contributed by atoms with Crippen LogP contribution in [-0.2, 0) is 6.42 Å². The second-order valence-corrected chi connectivity index (χ2v) is 5.34. The summed E-state index contributed by atoms with van der Waals surface area (Å²) in [6, 6.07) is 6.17. The Kier molecular flexibility index (Phi) is 5.17. The van der Waals surface area contributed by atoms with Gasteiger partial charge in [-0.25, -0.2) is 0 Å². The highest BCUT2D eigenvalue weighted by atomic mass is 35.5. The van der Waals surface area contributed by atoms with E-state index in [4.69, 9.17) is 11.6 Å². The number of hydrogen-bond acceptors (Lipinski definition) is 3. The van der Waals surface area contributed by atoms with Gasteiger partial charge in [0.05, 0.1) is 16.8 Å². The maximum atomic E-state index is 6.21. The minimum Gasteiger partial charge on any atom is -0.309 e. The quantitative estimate of drug-likeness (QED) is 0.862. The van der Waals surface area contributed by atoms with Crippen molar-refractivity contribution in [3.05, 3.63) is 51.4 Å². The molecule has 0 aliphatic heterocycles. The summed E-state index contributed by atoms with van der Waals surface area (Å²) in [6.45, 7) is 3.02. The predicted molar refractivity (Wildman–Crippen MR) is 78.3 cm³/mol. The minimum absolute atomic E-state index is 0.226. The number of thiophene rings is 1. The molecule has 18 heavy (non-hydrogen) atoms. The summed E-state index contributed by atoms with van der Waals surface area (Å²) in [7, 11) is 0. The minimum atomic E-state index is 0.226. The topological polar surface area (TPSA) is 24.9 Å². The van der Waals surface area contributed by atoms with Gasteiger partial charge >= 0.3 is 0 Å². The monoisotopic (exact) mass is 280 g/mol. The Morgan fingerprint density at radius 1 is 1.44 bits per heavy atom. The van der Waals surface area contributed by atoms with Gasteiger partial charge in [-0.3, -0.25) is 4.98 Å². The van der Waals surface area contributed by atoms with Gasteiger partial charge in [0.1, 0.15) is 0 Å². The van der Waals surface area contributed by atoms with Crippen molar-refractivity contribution in [1.29, 1.82) is 0 Å². The van der Waals surface area contributed by atoms with Crippen LogP contribution >= 0.6 is 22.9 Å². The van der Waals surface area contributed by atoms with Crippen molar-refractivity contribution in [3.63, 3.8) is 0 Å². The average molecular weight is 281 g/mol. The lowest BCUT2D eigenvalue weighted by Gasteiger charge is -2.18. The van der Waals surface area contributed by atoms with Gasteiger partial charge in [-0.2, -0.15) is 11.3 Å². The van der Waals surface area contributed by atoms with Gasteiger partial charge in [0.25, 0.3) is 0 Å². The number of rotatable bonds is 6. The molecule has 0 saturated heterocycles. The zero-order valence-electron chi connectivity index (χ0n) is 10.4. The number of halogens is 1. The standard InChI is InChI=1S/C14H17ClN2S/c1-2-16-13(6-5-11-7-9-18-10-11)14-12(15)4-3-8-17-14/h3-4,7-10,13,16H,2,5-6H2,1H3. The number of hydrogen-bond donors (Lipinski definition) is 1. The van der Waals surface area contributed by atoms with Crippen LogP contribution in [0, 0.1) is 0 Å². The maximum absolute atomic E-state index is 6.21. The van der Waals surface area contributed by atoms with Gasteiger partial charge in [0, 0.05) is 6.20 Å². The van der Waals surface area contributed by atoms with E-state index in [1.165, 1.54) is 5.56 Å². The molecule has 2 heterocycles. The van der Waals surface area contributed by atoms with E-state index in [2.05, 4.69) is 34.1 Å². The molecule has 1 unspecified atom stereocenters. The number of pyridine rings is 1. The third-order valence-corrected chi connectivity index (χ3v) is 3.92. The smallest absolute Gasteiger partial charge is 0.0759 e. The molecule has 0 amide bonds. The molecule has 0 fully saturated rings. The van der Waals surface area contributed by atoms with Crippen molar-refractivity contribution in [2.45, 2.75) is 25.8 Å². The molecule has 0 aliphatic rings. The van der Waals surface area contributed by atoms with Crippen LogP contribution in [0.5, 0.6) is 0 Å². The van der Waals surface area contributed by atoms with Crippen LogP contribution < -0.4 is 5.32 Å². The Morgan fingerprint density at radius 3 is 3.00 bits per heavy atom. The summed E-state index contributed by atoms with van der Waals surface area (Å²) in [5, 5.41) is 8.52. The SMILES string of the molecule is CCNC(CCc1ccsc1)c1ncccc1Cl. The van der Waals surface area contributed by atoms with E-state index in [1.54, 1.807) is 17.5 Å². The van der Waals surface area contributed by atoms with Gasteiger partial charge in [0.2, 0.25) is 0 Å². The van der Waals surface area contributed by atoms with Crippen molar-refractivity contribution < 1.29 is 0 Å². The summed E-state index contributed by atoms with van der Waals surface area (Å²) < 4.78 is 0. The first-order chi connectivity index (χ1) is 8.81. The van der Waals surface area contributed by atoms with Crippen LogP contribution in [0.1, 0.15) is 30.6 Å². The molecule has 0 bridgehead atoms. The van der Waals surface area contributed by atoms with Crippen molar-refractivity contribution in [3.8, 4) is 0 Å². The maximum Gasteiger partial charge on any atom is 0.0759 e. The van der Waals surface area contributed by atoms with E-state index in [0.717, 1.165) is 30.1 Å². The highest BCUT2D eigenvalue weighted by molar-refractivity contribution is 7.07. The molecule has 2 aromatic rings. The molecule has 0 saturated carbocycles. The van der Waals surface area contributed by atoms with E-state index in [-0.39, 0.29) is 6.04 Å². The Morgan fingerprint density at radius 2 is 2.33 bits per heavy atom. The molecule has 1 N–H and O–H groups in total. The second-order valence-electron chi connectivity index (χ2n) is 4.15. The third-order valence-electron chi connectivity index (χ3n) is 2.87. The lowest BCUT2D eigenvalue weighted by Crippen LogP contribution is -2.22. The number of nitrogens with zero attached hydrogens (tertiary/aromatic N) is 1. The molecular formula is C14H17ClN2S. The van der Waals surface area contributed by atoms with E-state index in [9.17, 15) is 0 Å². The van der Waals surface area contributed by atoms with Crippen molar-refractivity contribution >= 4 is 22.9 Å². The molecular weight excluding hydrogens is 264 g/mol. The normalized spacial score (nSPS) is 12.6. The first-order valence-electron chi connectivity index (χ1n) is 6.16. The van der Waals surface area contributed by atoms with Gasteiger partial charge in [-0.1, -0.05) is 18.5 Å². The molecule has 96 valence electrons. The first kappa shape index (κ1) is 13.5. The number of nitrogens with one attached hydrogen (secondary N) is 1. The van der Waals surface area contributed by atoms with Gasteiger partial charge in [0.15, 0.2) is 0 Å². The fourth-order valence-corrected chi connectivity index (χ4v) is 2.94. The molecule has 2 nitrogen and oxygen atoms in total. The van der Waals surface area contributed by atoms with Crippen LogP contribution in [0.15, 0.2) is 35.2 Å². The highest BCUT2D eigenvalue weighted by Gasteiger charge is 2.14. The molecule has 0 aliphatic carbocycles. The predicted octanol–water partition coefficient (Wildman–Crippen LogP) is 4.08. The van der Waals surface area contributed by atoms with Crippen LogP contribution in [0.4, 0.5) is 0 Å². The fraction of sp³-hybridized carbons (Fsp3) is 0.357. The lowest BCUT2D eigenvalue weighted by molar-refractivity contribution is 0.504. The molecule has 2 aromatic heterocycles. The van der Waals surface area contributed by atoms with E-state index < -0.39 is 0 Å². The van der Waals surface area contributed by atoms with Gasteiger partial charge in [-0.15, -0.1) is 0 Å². The third kappa shape index (κ3) is 3.55.